The van der Waals surface area contributed by atoms with E-state index in [1.165, 1.54) is 0 Å². The average Bonchev–Trinajstić information content (AvgIpc) is 2.07. The minimum absolute atomic E-state index is 0.101. The molecule has 0 saturated heterocycles. The Labute approximate surface area is 77.5 Å². The van der Waals surface area contributed by atoms with Crippen molar-refractivity contribution in [2.45, 2.75) is 6.61 Å². The van der Waals surface area contributed by atoms with E-state index in [9.17, 15) is 5.11 Å². The third-order valence-corrected chi connectivity index (χ3v) is 1.63. The molecule has 0 aliphatic heterocycles. The van der Waals surface area contributed by atoms with Gasteiger partial charge in [0, 0.05) is 19.7 Å². The SMILES string of the molecule is CN(C)OCc1cccc(N)c1O. The van der Waals surface area contributed by atoms with Crippen molar-refractivity contribution in [3.8, 4) is 5.75 Å². The fraction of sp³-hybridized carbons (Fsp3) is 0.333. The van der Waals surface area contributed by atoms with Crippen molar-refractivity contribution in [1.29, 1.82) is 0 Å². The predicted octanol–water partition coefficient (Wildman–Crippen LogP) is 0.968. The number of phenols is 1. The van der Waals surface area contributed by atoms with Crippen molar-refractivity contribution in [2.24, 2.45) is 0 Å². The molecule has 0 aromatic heterocycles. The minimum atomic E-state index is 0.101. The van der Waals surface area contributed by atoms with E-state index in [1.807, 2.05) is 0 Å². The van der Waals surface area contributed by atoms with Crippen LogP contribution in [0.1, 0.15) is 5.56 Å². The Morgan fingerprint density at radius 2 is 2.15 bits per heavy atom. The van der Waals surface area contributed by atoms with Crippen LogP contribution >= 0.6 is 0 Å². The molecule has 0 unspecified atom stereocenters. The molecular formula is C9H14N2O2. The van der Waals surface area contributed by atoms with Crippen molar-refractivity contribution in [3.05, 3.63) is 23.8 Å². The number of hydrogen-bond acceptors (Lipinski definition) is 4. The van der Waals surface area contributed by atoms with Crippen LogP contribution in [0.5, 0.6) is 5.75 Å². The molecule has 0 fully saturated rings. The standard InChI is InChI=1S/C9H14N2O2/c1-11(2)13-6-7-4-3-5-8(10)9(7)12/h3-5,12H,6,10H2,1-2H3. The Hall–Kier alpha value is -1.26. The highest BCUT2D eigenvalue weighted by Crippen LogP contribution is 2.24. The van der Waals surface area contributed by atoms with E-state index < -0.39 is 0 Å². The minimum Gasteiger partial charge on any atom is -0.505 e. The van der Waals surface area contributed by atoms with Gasteiger partial charge in [-0.2, -0.15) is 5.06 Å². The second-order valence-corrected chi connectivity index (χ2v) is 2.94. The van der Waals surface area contributed by atoms with Crippen LogP contribution in [-0.2, 0) is 11.4 Å². The van der Waals surface area contributed by atoms with Gasteiger partial charge in [0.15, 0.2) is 0 Å². The molecule has 0 bridgehead atoms. The van der Waals surface area contributed by atoms with Crippen molar-refractivity contribution in [1.82, 2.24) is 5.06 Å². The number of aromatic hydroxyl groups is 1. The molecule has 72 valence electrons. The smallest absolute Gasteiger partial charge is 0.144 e. The second kappa shape index (κ2) is 4.11. The number of nitrogens with two attached hydrogens (primary N) is 1. The molecule has 1 rings (SSSR count). The van der Waals surface area contributed by atoms with Crippen LogP contribution in [-0.4, -0.2) is 24.3 Å². The normalized spacial score (nSPS) is 10.7. The first-order valence-corrected chi connectivity index (χ1v) is 3.98. The Morgan fingerprint density at radius 3 is 2.77 bits per heavy atom. The van der Waals surface area contributed by atoms with Crippen LogP contribution in [0.25, 0.3) is 0 Å². The molecule has 0 saturated carbocycles. The summed E-state index contributed by atoms with van der Waals surface area (Å²) < 4.78 is 0. The van der Waals surface area contributed by atoms with Crippen molar-refractivity contribution >= 4 is 5.69 Å². The number of hydrogen-bond donors (Lipinski definition) is 2. The zero-order valence-electron chi connectivity index (χ0n) is 7.82. The maximum atomic E-state index is 9.49. The van der Waals surface area contributed by atoms with Gasteiger partial charge in [-0.15, -0.1) is 0 Å². The summed E-state index contributed by atoms with van der Waals surface area (Å²) in [7, 11) is 3.56. The number of rotatable bonds is 3. The lowest BCUT2D eigenvalue weighted by Crippen LogP contribution is -2.12. The summed E-state index contributed by atoms with van der Waals surface area (Å²) in [5.74, 6) is 0.101. The third-order valence-electron chi connectivity index (χ3n) is 1.63. The van der Waals surface area contributed by atoms with Crippen LogP contribution in [0, 0.1) is 0 Å². The van der Waals surface area contributed by atoms with Gasteiger partial charge in [0.05, 0.1) is 12.3 Å². The van der Waals surface area contributed by atoms with Gasteiger partial charge in [-0.3, -0.25) is 4.84 Å². The second-order valence-electron chi connectivity index (χ2n) is 2.94. The highest BCUT2D eigenvalue weighted by Gasteiger charge is 2.04. The number of benzene rings is 1. The molecule has 1 aromatic rings. The Balaban J connectivity index is 2.71. The van der Waals surface area contributed by atoms with Crippen LogP contribution in [0.15, 0.2) is 18.2 Å². The lowest BCUT2D eigenvalue weighted by atomic mass is 10.2. The Bertz CT molecular complexity index is 287. The number of hydroxylamine groups is 2. The topological polar surface area (TPSA) is 58.7 Å². The quantitative estimate of drug-likeness (QED) is 0.415. The van der Waals surface area contributed by atoms with E-state index >= 15 is 0 Å². The zero-order chi connectivity index (χ0) is 9.84. The summed E-state index contributed by atoms with van der Waals surface area (Å²) in [6.07, 6.45) is 0. The molecule has 13 heavy (non-hydrogen) atoms. The maximum absolute atomic E-state index is 9.49. The monoisotopic (exact) mass is 182 g/mol. The lowest BCUT2D eigenvalue weighted by molar-refractivity contribution is -0.131. The highest BCUT2D eigenvalue weighted by atomic mass is 16.7. The van der Waals surface area contributed by atoms with Crippen LogP contribution in [0.3, 0.4) is 0 Å². The molecule has 0 amide bonds. The van der Waals surface area contributed by atoms with Gasteiger partial charge < -0.3 is 10.8 Å². The molecule has 0 aliphatic carbocycles. The van der Waals surface area contributed by atoms with Crippen molar-refractivity contribution in [3.63, 3.8) is 0 Å². The number of anilines is 1. The van der Waals surface area contributed by atoms with Gasteiger partial charge in [-0.1, -0.05) is 12.1 Å². The molecular weight excluding hydrogens is 168 g/mol. The highest BCUT2D eigenvalue weighted by molar-refractivity contribution is 5.55. The first-order valence-electron chi connectivity index (χ1n) is 3.98. The van der Waals surface area contributed by atoms with Gasteiger partial charge in [-0.05, 0) is 6.07 Å². The molecule has 0 radical (unpaired) electrons. The number of para-hydroxylation sites is 1. The first kappa shape index (κ1) is 9.83. The number of nitrogen functional groups attached to an aromatic ring is 1. The molecule has 0 heterocycles. The Morgan fingerprint density at radius 1 is 1.46 bits per heavy atom. The summed E-state index contributed by atoms with van der Waals surface area (Å²) in [4.78, 5) is 5.18. The average molecular weight is 182 g/mol. The van der Waals surface area contributed by atoms with Crippen molar-refractivity contribution < 1.29 is 9.94 Å². The molecule has 0 spiro atoms. The van der Waals surface area contributed by atoms with Crippen LogP contribution in [0.4, 0.5) is 5.69 Å². The van der Waals surface area contributed by atoms with Gasteiger partial charge in [0.1, 0.15) is 5.75 Å². The van der Waals surface area contributed by atoms with Gasteiger partial charge in [0.25, 0.3) is 0 Å². The van der Waals surface area contributed by atoms with E-state index in [-0.39, 0.29) is 5.75 Å². The van der Waals surface area contributed by atoms with Crippen molar-refractivity contribution in [2.75, 3.05) is 19.8 Å². The molecule has 0 atom stereocenters. The van der Waals surface area contributed by atoms with Gasteiger partial charge in [-0.25, -0.2) is 0 Å². The molecule has 4 heteroatoms. The lowest BCUT2D eigenvalue weighted by Gasteiger charge is -2.11. The summed E-state index contributed by atoms with van der Waals surface area (Å²) >= 11 is 0. The van der Waals surface area contributed by atoms with E-state index in [1.54, 1.807) is 37.4 Å². The molecule has 4 nitrogen and oxygen atoms in total. The van der Waals surface area contributed by atoms with E-state index in [2.05, 4.69) is 0 Å². The van der Waals surface area contributed by atoms with Gasteiger partial charge >= 0.3 is 0 Å². The summed E-state index contributed by atoms with van der Waals surface area (Å²) in [5, 5.41) is 11.1. The largest absolute Gasteiger partial charge is 0.505 e. The van der Waals surface area contributed by atoms with Crippen LogP contribution < -0.4 is 5.73 Å². The Kier molecular flexibility index (Phi) is 3.11. The zero-order valence-corrected chi connectivity index (χ0v) is 7.82. The maximum Gasteiger partial charge on any atom is 0.144 e. The van der Waals surface area contributed by atoms with E-state index in [0.717, 1.165) is 0 Å². The van der Waals surface area contributed by atoms with E-state index in [0.29, 0.717) is 17.9 Å². The van der Waals surface area contributed by atoms with E-state index in [4.69, 9.17) is 10.6 Å². The molecule has 3 N–H and O–H groups in total. The fourth-order valence-corrected chi connectivity index (χ4v) is 0.926. The van der Waals surface area contributed by atoms with Crippen LogP contribution in [0.2, 0.25) is 0 Å². The first-order chi connectivity index (χ1) is 6.11. The molecule has 0 aliphatic rings. The summed E-state index contributed by atoms with van der Waals surface area (Å²) in [6.45, 7) is 0.323. The number of nitrogens with zero attached hydrogens (tertiary/aromatic N) is 1. The molecule has 1 aromatic carbocycles. The number of phenolic OH excluding ortho intramolecular Hbond substituents is 1. The predicted molar refractivity (Wildman–Crippen MR) is 51.0 cm³/mol. The third kappa shape index (κ3) is 2.61. The summed E-state index contributed by atoms with van der Waals surface area (Å²) in [6, 6.07) is 5.20. The fourth-order valence-electron chi connectivity index (χ4n) is 0.926. The summed E-state index contributed by atoms with van der Waals surface area (Å²) in [5.41, 5.74) is 6.57. The van der Waals surface area contributed by atoms with Gasteiger partial charge in [0.2, 0.25) is 0 Å².